The summed E-state index contributed by atoms with van der Waals surface area (Å²) in [4.78, 5) is 22.1. The van der Waals surface area contributed by atoms with Gasteiger partial charge in [0, 0.05) is 31.5 Å². The van der Waals surface area contributed by atoms with Crippen molar-refractivity contribution in [1.29, 1.82) is 0 Å². The van der Waals surface area contributed by atoms with Crippen LogP contribution in [0.2, 0.25) is 0 Å². The summed E-state index contributed by atoms with van der Waals surface area (Å²) >= 11 is 0. The first-order valence-electron chi connectivity index (χ1n) is 8.25. The molecule has 1 N–H and O–H groups in total. The van der Waals surface area contributed by atoms with E-state index in [-0.39, 0.29) is 18.2 Å². The number of methoxy groups -OCH3 is 1. The van der Waals surface area contributed by atoms with E-state index in [1.165, 1.54) is 0 Å². The van der Waals surface area contributed by atoms with Crippen molar-refractivity contribution in [3.8, 4) is 11.8 Å². The van der Waals surface area contributed by atoms with Gasteiger partial charge in [0.1, 0.15) is 6.10 Å². The predicted octanol–water partition coefficient (Wildman–Crippen LogP) is 2.23. The molecule has 0 radical (unpaired) electrons. The number of carbonyl (C=O) groups excluding carboxylic acids is 1. The minimum Gasteiger partial charge on any atom is -0.477 e. The van der Waals surface area contributed by atoms with Crippen LogP contribution in [0, 0.1) is 0 Å². The van der Waals surface area contributed by atoms with E-state index in [1.807, 2.05) is 13.8 Å². The molecule has 23 heavy (non-hydrogen) atoms. The largest absolute Gasteiger partial charge is 0.477 e. The third kappa shape index (κ3) is 4.71. The first kappa shape index (κ1) is 17.3. The summed E-state index contributed by atoms with van der Waals surface area (Å²) in [6, 6.07) is 0.238. The third-order valence-corrected chi connectivity index (χ3v) is 4.16. The smallest absolute Gasteiger partial charge is 0.317 e. The number of nitrogens with zero attached hydrogens (tertiary/aromatic N) is 3. The molecule has 1 heterocycles. The Balaban J connectivity index is 1.81. The molecule has 7 heteroatoms. The fourth-order valence-corrected chi connectivity index (χ4v) is 2.79. The Morgan fingerprint density at radius 2 is 1.78 bits per heavy atom. The van der Waals surface area contributed by atoms with E-state index >= 15 is 0 Å². The van der Waals surface area contributed by atoms with E-state index in [0.29, 0.717) is 11.8 Å². The number of amides is 2. The highest BCUT2D eigenvalue weighted by atomic mass is 16.5. The van der Waals surface area contributed by atoms with Crippen molar-refractivity contribution in [2.45, 2.75) is 51.7 Å². The molecule has 0 aliphatic heterocycles. The fraction of sp³-hybridized carbons (Fsp3) is 0.688. The summed E-state index contributed by atoms with van der Waals surface area (Å²) in [7, 11) is 1.55. The number of rotatable bonds is 6. The Labute approximate surface area is 137 Å². The number of hydrogen-bond acceptors (Lipinski definition) is 5. The van der Waals surface area contributed by atoms with Crippen LogP contribution in [0.4, 0.5) is 4.79 Å². The Morgan fingerprint density at radius 3 is 2.35 bits per heavy atom. The molecule has 0 spiro atoms. The highest BCUT2D eigenvalue weighted by Gasteiger charge is 2.25. The van der Waals surface area contributed by atoms with Gasteiger partial charge < -0.3 is 19.7 Å². The molecule has 2 rings (SSSR count). The van der Waals surface area contributed by atoms with Crippen molar-refractivity contribution in [2.24, 2.45) is 0 Å². The van der Waals surface area contributed by atoms with Gasteiger partial charge in [-0.3, -0.25) is 0 Å². The molecular formula is C16H26N4O3. The van der Waals surface area contributed by atoms with Crippen LogP contribution >= 0.6 is 0 Å². The Bertz CT molecular complexity index is 500. The van der Waals surface area contributed by atoms with E-state index in [2.05, 4.69) is 15.3 Å². The quantitative estimate of drug-likeness (QED) is 0.869. The van der Waals surface area contributed by atoms with Crippen molar-refractivity contribution in [2.75, 3.05) is 20.2 Å². The summed E-state index contributed by atoms with van der Waals surface area (Å²) in [6.45, 7) is 5.44. The first-order chi connectivity index (χ1) is 11.2. The molecule has 1 aromatic heterocycles. The van der Waals surface area contributed by atoms with Crippen LogP contribution in [-0.2, 0) is 0 Å². The minimum absolute atomic E-state index is 0.0231. The van der Waals surface area contributed by atoms with Crippen LogP contribution in [0.5, 0.6) is 11.8 Å². The number of aromatic nitrogens is 2. The minimum atomic E-state index is 0.0231. The van der Waals surface area contributed by atoms with Crippen molar-refractivity contribution in [3.05, 3.63) is 12.4 Å². The summed E-state index contributed by atoms with van der Waals surface area (Å²) in [5.74, 6) is 0.843. The summed E-state index contributed by atoms with van der Waals surface area (Å²) in [5, 5.41) is 3.11. The Kier molecular flexibility index (Phi) is 6.43. The van der Waals surface area contributed by atoms with Gasteiger partial charge in [-0.2, -0.15) is 0 Å². The van der Waals surface area contributed by atoms with E-state index < -0.39 is 0 Å². The molecule has 0 aromatic carbocycles. The second-order valence-corrected chi connectivity index (χ2v) is 5.58. The maximum atomic E-state index is 12.1. The monoisotopic (exact) mass is 322 g/mol. The molecule has 0 saturated heterocycles. The van der Waals surface area contributed by atoms with Gasteiger partial charge in [-0.15, -0.1) is 0 Å². The third-order valence-electron chi connectivity index (χ3n) is 4.16. The van der Waals surface area contributed by atoms with Crippen LogP contribution < -0.4 is 14.8 Å². The van der Waals surface area contributed by atoms with Gasteiger partial charge in [-0.25, -0.2) is 14.8 Å². The zero-order chi connectivity index (χ0) is 16.7. The Hall–Kier alpha value is -2.05. The summed E-state index contributed by atoms with van der Waals surface area (Å²) in [5.41, 5.74) is 0. The molecule has 1 fully saturated rings. The summed E-state index contributed by atoms with van der Waals surface area (Å²) < 4.78 is 11.0. The normalized spacial score (nSPS) is 20.7. The van der Waals surface area contributed by atoms with Gasteiger partial charge in [-0.1, -0.05) is 0 Å². The van der Waals surface area contributed by atoms with Crippen molar-refractivity contribution >= 4 is 6.03 Å². The van der Waals surface area contributed by atoms with E-state index in [4.69, 9.17) is 9.47 Å². The lowest BCUT2D eigenvalue weighted by atomic mass is 9.93. The van der Waals surface area contributed by atoms with Crippen molar-refractivity contribution < 1.29 is 14.3 Å². The number of urea groups is 1. The van der Waals surface area contributed by atoms with E-state index in [9.17, 15) is 4.79 Å². The lowest BCUT2D eigenvalue weighted by molar-refractivity contribution is 0.126. The molecule has 1 saturated carbocycles. The van der Waals surface area contributed by atoms with Gasteiger partial charge in [0.25, 0.3) is 11.8 Å². The molecule has 7 nitrogen and oxygen atoms in total. The maximum absolute atomic E-state index is 12.1. The molecule has 1 aliphatic carbocycles. The average Bonchev–Trinajstić information content (AvgIpc) is 2.58. The van der Waals surface area contributed by atoms with Crippen LogP contribution in [-0.4, -0.2) is 53.2 Å². The molecule has 0 atom stereocenters. The van der Waals surface area contributed by atoms with Crippen LogP contribution in [0.3, 0.4) is 0 Å². The van der Waals surface area contributed by atoms with E-state index in [0.717, 1.165) is 38.8 Å². The van der Waals surface area contributed by atoms with Gasteiger partial charge in [0.15, 0.2) is 0 Å². The lowest BCUT2D eigenvalue weighted by Gasteiger charge is -2.31. The number of carbonyl (C=O) groups is 1. The molecule has 0 unspecified atom stereocenters. The number of ether oxygens (including phenoxy) is 2. The molecule has 1 aliphatic rings. The second kappa shape index (κ2) is 8.55. The van der Waals surface area contributed by atoms with Gasteiger partial charge in [-0.05, 0) is 39.5 Å². The SMILES string of the molecule is CCN(CC)C(=O)NC1CCC(Oc2nccnc2OC)CC1. The highest BCUT2D eigenvalue weighted by Crippen LogP contribution is 2.27. The number of nitrogens with one attached hydrogen (secondary N) is 1. The van der Waals surface area contributed by atoms with Crippen LogP contribution in [0.15, 0.2) is 12.4 Å². The topological polar surface area (TPSA) is 76.6 Å². The van der Waals surface area contributed by atoms with Gasteiger partial charge in [0.05, 0.1) is 7.11 Å². The Morgan fingerprint density at radius 1 is 1.17 bits per heavy atom. The second-order valence-electron chi connectivity index (χ2n) is 5.58. The molecule has 0 bridgehead atoms. The summed E-state index contributed by atoms with van der Waals surface area (Å²) in [6.07, 6.45) is 6.81. The molecule has 2 amide bonds. The zero-order valence-electron chi connectivity index (χ0n) is 14.1. The standard InChI is InChI=1S/C16H26N4O3/c1-4-20(5-2)16(21)19-12-6-8-13(9-7-12)23-15-14(22-3)17-10-11-18-15/h10-13H,4-9H2,1-3H3,(H,19,21). The van der Waals surface area contributed by atoms with Crippen LogP contribution in [0.1, 0.15) is 39.5 Å². The zero-order valence-corrected chi connectivity index (χ0v) is 14.1. The van der Waals surface area contributed by atoms with Gasteiger partial charge >= 0.3 is 6.03 Å². The molecule has 128 valence electrons. The fourth-order valence-electron chi connectivity index (χ4n) is 2.79. The lowest BCUT2D eigenvalue weighted by Crippen LogP contribution is -2.46. The van der Waals surface area contributed by atoms with Gasteiger partial charge in [0.2, 0.25) is 0 Å². The maximum Gasteiger partial charge on any atom is 0.317 e. The van der Waals surface area contributed by atoms with Crippen LogP contribution in [0.25, 0.3) is 0 Å². The predicted molar refractivity (Wildman–Crippen MR) is 86.7 cm³/mol. The average molecular weight is 322 g/mol. The van der Waals surface area contributed by atoms with Crippen molar-refractivity contribution in [1.82, 2.24) is 20.2 Å². The first-order valence-corrected chi connectivity index (χ1v) is 8.25. The molecule has 1 aromatic rings. The van der Waals surface area contributed by atoms with Crippen molar-refractivity contribution in [3.63, 3.8) is 0 Å². The van der Waals surface area contributed by atoms with E-state index in [1.54, 1.807) is 24.4 Å². The molecular weight excluding hydrogens is 296 g/mol. The number of hydrogen-bond donors (Lipinski definition) is 1. The highest BCUT2D eigenvalue weighted by molar-refractivity contribution is 5.74.